The van der Waals surface area contributed by atoms with Crippen LogP contribution >= 0.6 is 12.6 Å². The lowest BCUT2D eigenvalue weighted by atomic mass is 10.3. The van der Waals surface area contributed by atoms with Gasteiger partial charge < -0.3 is 5.11 Å². The monoisotopic (exact) mass is 210 g/mol. The number of carbonyl (C=O) groups excluding carboxylic acids is 1. The van der Waals surface area contributed by atoms with Gasteiger partial charge in [0.05, 0.1) is 5.25 Å². The third kappa shape index (κ3) is 11.0. The highest BCUT2D eigenvalue weighted by Crippen LogP contribution is 1.97. The van der Waals surface area contributed by atoms with Gasteiger partial charge in [-0.1, -0.05) is 6.92 Å². The van der Waals surface area contributed by atoms with Crippen molar-refractivity contribution >= 4 is 24.6 Å². The van der Waals surface area contributed by atoms with Crippen molar-refractivity contribution in [2.75, 3.05) is 0 Å². The number of hydrogen-bond donors (Lipinski definition) is 6. The molecule has 0 radical (unpaired) electrons. The van der Waals surface area contributed by atoms with Gasteiger partial charge >= 0.3 is 12.0 Å². The Labute approximate surface area is 81.2 Å². The topological polar surface area (TPSA) is 130 Å². The Morgan fingerprint density at radius 1 is 1.46 bits per heavy atom. The quantitative estimate of drug-likeness (QED) is 0.148. The molecule has 0 aromatic carbocycles. The van der Waals surface area contributed by atoms with Gasteiger partial charge in [0.15, 0.2) is 0 Å². The van der Waals surface area contributed by atoms with E-state index < -0.39 is 17.3 Å². The van der Waals surface area contributed by atoms with E-state index in [2.05, 4.69) is 24.3 Å². The summed E-state index contributed by atoms with van der Waals surface area (Å²) in [5.41, 5.74) is 3.48. The number of urea groups is 1. The molecule has 7 nitrogen and oxygen atoms in total. The molecule has 0 spiro atoms. The van der Waals surface area contributed by atoms with Gasteiger partial charge in [0.25, 0.3) is 0 Å². The second kappa shape index (κ2) is 9.10. The Morgan fingerprint density at radius 3 is 1.85 bits per heavy atom. The number of carboxylic acid groups (broad SMARTS) is 1. The summed E-state index contributed by atoms with van der Waals surface area (Å²) in [6.45, 7) is 1.78. The summed E-state index contributed by atoms with van der Waals surface area (Å²) in [5.74, 6) is 8.24. The SMILES string of the molecule is CCC(S)C(=O)O.NNC(=O)NN. The van der Waals surface area contributed by atoms with Crippen LogP contribution in [0, 0.1) is 0 Å². The zero-order valence-electron chi connectivity index (χ0n) is 7.15. The van der Waals surface area contributed by atoms with Crippen molar-refractivity contribution in [3.63, 3.8) is 0 Å². The number of amides is 2. The van der Waals surface area contributed by atoms with Crippen molar-refractivity contribution in [1.29, 1.82) is 0 Å². The predicted octanol–water partition coefficient (Wildman–Crippen LogP) is -1.19. The van der Waals surface area contributed by atoms with Gasteiger partial charge in [0.1, 0.15) is 0 Å². The Hall–Kier alpha value is -0.990. The highest BCUT2D eigenvalue weighted by atomic mass is 32.1. The van der Waals surface area contributed by atoms with Crippen LogP contribution in [0.25, 0.3) is 0 Å². The first-order chi connectivity index (χ1) is 5.99. The number of hydrogen-bond acceptors (Lipinski definition) is 5. The third-order valence-electron chi connectivity index (χ3n) is 0.934. The lowest BCUT2D eigenvalue weighted by Gasteiger charge is -1.95. The molecule has 0 aliphatic carbocycles. The molecule has 0 fully saturated rings. The maximum absolute atomic E-state index is 9.85. The molecule has 0 bridgehead atoms. The summed E-state index contributed by atoms with van der Waals surface area (Å²) in [7, 11) is 0. The zero-order chi connectivity index (χ0) is 10.9. The molecule has 8 heteroatoms. The molecule has 0 aromatic rings. The van der Waals surface area contributed by atoms with Gasteiger partial charge in [0, 0.05) is 0 Å². The van der Waals surface area contributed by atoms with E-state index in [0.29, 0.717) is 6.42 Å². The summed E-state index contributed by atoms with van der Waals surface area (Å²) in [5, 5.41) is 7.62. The van der Waals surface area contributed by atoms with Gasteiger partial charge in [0.2, 0.25) is 0 Å². The molecule has 0 aliphatic rings. The average molecular weight is 210 g/mol. The maximum atomic E-state index is 9.85. The largest absolute Gasteiger partial charge is 0.480 e. The number of rotatable bonds is 2. The molecule has 7 N–H and O–H groups in total. The molecular formula is C5H14N4O3S. The summed E-state index contributed by atoms with van der Waals surface area (Å²) >= 11 is 3.73. The molecular weight excluding hydrogens is 196 g/mol. The highest BCUT2D eigenvalue weighted by molar-refractivity contribution is 7.81. The van der Waals surface area contributed by atoms with Crippen LogP contribution in [0.5, 0.6) is 0 Å². The van der Waals surface area contributed by atoms with E-state index in [1.54, 1.807) is 17.8 Å². The first kappa shape index (κ1) is 14.5. The summed E-state index contributed by atoms with van der Waals surface area (Å²) in [6.07, 6.45) is 0.582. The molecule has 13 heavy (non-hydrogen) atoms. The fourth-order valence-corrected chi connectivity index (χ4v) is 0.216. The molecule has 0 saturated heterocycles. The van der Waals surface area contributed by atoms with Crippen molar-refractivity contribution < 1.29 is 14.7 Å². The van der Waals surface area contributed by atoms with Crippen molar-refractivity contribution in [3.8, 4) is 0 Å². The first-order valence-electron chi connectivity index (χ1n) is 3.37. The smallest absolute Gasteiger partial charge is 0.343 e. The number of hydrazine groups is 2. The second-order valence-electron chi connectivity index (χ2n) is 1.88. The third-order valence-corrected chi connectivity index (χ3v) is 1.52. The molecule has 0 heterocycles. The van der Waals surface area contributed by atoms with Crippen LogP contribution in [-0.2, 0) is 4.79 Å². The Kier molecular flexibility index (Phi) is 10.2. The van der Waals surface area contributed by atoms with E-state index in [9.17, 15) is 9.59 Å². The standard InChI is InChI=1S/C4H8O2S.CH6N4O/c1-2-3(7)4(5)6;2-4-1(6)5-3/h3,7H,2H2,1H3,(H,5,6);2-3H2,(H2,4,5,6). The van der Waals surface area contributed by atoms with Crippen LogP contribution in [0.1, 0.15) is 13.3 Å². The first-order valence-corrected chi connectivity index (χ1v) is 3.89. The fraction of sp³-hybridized carbons (Fsp3) is 0.600. The van der Waals surface area contributed by atoms with E-state index in [0.717, 1.165) is 0 Å². The lowest BCUT2D eigenvalue weighted by Crippen LogP contribution is -2.43. The highest BCUT2D eigenvalue weighted by Gasteiger charge is 2.06. The molecule has 0 rings (SSSR count). The van der Waals surface area contributed by atoms with Crippen LogP contribution in [0.4, 0.5) is 4.79 Å². The minimum atomic E-state index is -0.842. The number of carboxylic acids is 1. The van der Waals surface area contributed by atoms with Crippen molar-refractivity contribution in [2.45, 2.75) is 18.6 Å². The molecule has 0 aromatic heterocycles. The number of thiol groups is 1. The van der Waals surface area contributed by atoms with E-state index >= 15 is 0 Å². The molecule has 2 amide bonds. The molecule has 1 atom stereocenters. The summed E-state index contributed by atoms with van der Waals surface area (Å²) in [6, 6.07) is -0.602. The second-order valence-corrected chi connectivity index (χ2v) is 2.50. The van der Waals surface area contributed by atoms with Crippen LogP contribution in [0.2, 0.25) is 0 Å². The predicted molar refractivity (Wildman–Crippen MR) is 50.7 cm³/mol. The normalized spacial score (nSPS) is 10.5. The van der Waals surface area contributed by atoms with Crippen LogP contribution in [0.15, 0.2) is 0 Å². The number of nitrogens with two attached hydrogens (primary N) is 2. The van der Waals surface area contributed by atoms with E-state index in [4.69, 9.17) is 5.11 Å². The average Bonchev–Trinajstić information content (AvgIpc) is 2.16. The number of nitrogens with one attached hydrogen (secondary N) is 2. The summed E-state index contributed by atoms with van der Waals surface area (Å²) < 4.78 is 0. The van der Waals surface area contributed by atoms with E-state index in [-0.39, 0.29) is 0 Å². The van der Waals surface area contributed by atoms with Crippen molar-refractivity contribution in [1.82, 2.24) is 10.9 Å². The number of carbonyl (C=O) groups is 2. The van der Waals surface area contributed by atoms with Crippen LogP contribution in [0.3, 0.4) is 0 Å². The maximum Gasteiger partial charge on any atom is 0.343 e. The number of aliphatic carboxylic acids is 1. The van der Waals surface area contributed by atoms with Crippen LogP contribution in [-0.4, -0.2) is 22.4 Å². The molecule has 1 unspecified atom stereocenters. The molecule has 0 saturated carbocycles. The Bertz CT molecular complexity index is 160. The minimum absolute atomic E-state index is 0.486. The molecule has 0 aliphatic heterocycles. The van der Waals surface area contributed by atoms with Crippen LogP contribution < -0.4 is 22.5 Å². The zero-order valence-corrected chi connectivity index (χ0v) is 8.04. The Balaban J connectivity index is 0. The van der Waals surface area contributed by atoms with Gasteiger partial charge in [-0.15, -0.1) is 0 Å². The van der Waals surface area contributed by atoms with Gasteiger partial charge in [-0.3, -0.25) is 15.6 Å². The van der Waals surface area contributed by atoms with Crippen molar-refractivity contribution in [3.05, 3.63) is 0 Å². The minimum Gasteiger partial charge on any atom is -0.480 e. The molecule has 78 valence electrons. The fourth-order valence-electron chi connectivity index (χ4n) is 0.216. The van der Waals surface area contributed by atoms with Gasteiger partial charge in [-0.2, -0.15) is 12.6 Å². The summed E-state index contributed by atoms with van der Waals surface area (Å²) in [4.78, 5) is 19.6. The van der Waals surface area contributed by atoms with Gasteiger partial charge in [-0.25, -0.2) is 16.5 Å². The Morgan fingerprint density at radius 2 is 1.85 bits per heavy atom. The lowest BCUT2D eigenvalue weighted by molar-refractivity contribution is -0.136. The van der Waals surface area contributed by atoms with E-state index in [1.165, 1.54) is 0 Å². The van der Waals surface area contributed by atoms with E-state index in [1.807, 2.05) is 0 Å². The van der Waals surface area contributed by atoms with Gasteiger partial charge in [-0.05, 0) is 6.42 Å². The van der Waals surface area contributed by atoms with Crippen molar-refractivity contribution in [2.24, 2.45) is 11.7 Å².